The van der Waals surface area contributed by atoms with Gasteiger partial charge in [-0.1, -0.05) is 0 Å². The zero-order valence-electron chi connectivity index (χ0n) is 14.5. The van der Waals surface area contributed by atoms with Crippen molar-refractivity contribution in [3.8, 4) is 5.75 Å². The Kier molecular flexibility index (Phi) is 4.02. The van der Waals surface area contributed by atoms with Crippen LogP contribution in [-0.4, -0.2) is 64.6 Å². The highest BCUT2D eigenvalue weighted by atomic mass is 16.5. The van der Waals surface area contributed by atoms with Gasteiger partial charge in [-0.3, -0.25) is 4.79 Å². The Morgan fingerprint density at radius 1 is 1.32 bits per heavy atom. The molecule has 25 heavy (non-hydrogen) atoms. The molecule has 6 nitrogen and oxygen atoms in total. The van der Waals surface area contributed by atoms with E-state index < -0.39 is 17.3 Å². The SMILES string of the molecule is C[C@]1(O)CC2(CCN(C(=O)c3ccc4c(c3)CCO4)CC2)OC[C@@H]1O. The van der Waals surface area contributed by atoms with E-state index in [1.807, 2.05) is 23.1 Å². The third-order valence-corrected chi connectivity index (χ3v) is 5.84. The fourth-order valence-corrected chi connectivity index (χ4v) is 4.20. The van der Waals surface area contributed by atoms with Crippen LogP contribution in [0.3, 0.4) is 0 Å². The minimum absolute atomic E-state index is 0.0344. The summed E-state index contributed by atoms with van der Waals surface area (Å²) >= 11 is 0. The molecule has 1 aromatic rings. The van der Waals surface area contributed by atoms with Gasteiger partial charge in [0.15, 0.2) is 0 Å². The van der Waals surface area contributed by atoms with Crippen molar-refractivity contribution in [1.82, 2.24) is 4.90 Å². The van der Waals surface area contributed by atoms with Crippen molar-refractivity contribution < 1.29 is 24.5 Å². The molecule has 0 unspecified atom stereocenters. The molecule has 2 saturated heterocycles. The normalized spacial score (nSPS) is 30.8. The number of likely N-dealkylation sites (tertiary alicyclic amines) is 1. The van der Waals surface area contributed by atoms with E-state index in [1.165, 1.54) is 0 Å². The summed E-state index contributed by atoms with van der Waals surface area (Å²) in [5.74, 6) is 0.915. The minimum atomic E-state index is -1.13. The number of benzene rings is 1. The Bertz CT molecular complexity index is 678. The number of hydrogen-bond acceptors (Lipinski definition) is 5. The molecule has 1 spiro atoms. The summed E-state index contributed by atoms with van der Waals surface area (Å²) in [6, 6.07) is 5.65. The van der Waals surface area contributed by atoms with E-state index in [9.17, 15) is 15.0 Å². The lowest BCUT2D eigenvalue weighted by Crippen LogP contribution is -2.59. The van der Waals surface area contributed by atoms with Gasteiger partial charge >= 0.3 is 0 Å². The summed E-state index contributed by atoms with van der Waals surface area (Å²) in [6.45, 7) is 3.68. The van der Waals surface area contributed by atoms with Crippen LogP contribution >= 0.6 is 0 Å². The lowest BCUT2D eigenvalue weighted by atomic mass is 9.76. The first-order chi connectivity index (χ1) is 11.9. The highest BCUT2D eigenvalue weighted by Crippen LogP contribution is 2.39. The number of aliphatic hydroxyl groups is 2. The molecule has 4 rings (SSSR count). The van der Waals surface area contributed by atoms with Crippen molar-refractivity contribution in [2.75, 3.05) is 26.3 Å². The first kappa shape index (κ1) is 16.8. The highest BCUT2D eigenvalue weighted by Gasteiger charge is 2.49. The zero-order chi connectivity index (χ0) is 17.7. The van der Waals surface area contributed by atoms with Crippen LogP contribution in [0.2, 0.25) is 0 Å². The number of amides is 1. The van der Waals surface area contributed by atoms with Gasteiger partial charge in [-0.2, -0.15) is 0 Å². The summed E-state index contributed by atoms with van der Waals surface area (Å²) < 4.78 is 11.4. The molecule has 1 aromatic carbocycles. The first-order valence-electron chi connectivity index (χ1n) is 8.98. The van der Waals surface area contributed by atoms with Crippen molar-refractivity contribution in [3.63, 3.8) is 0 Å². The lowest BCUT2D eigenvalue weighted by Gasteiger charge is -2.49. The molecule has 0 radical (unpaired) electrons. The Morgan fingerprint density at radius 3 is 2.80 bits per heavy atom. The first-order valence-corrected chi connectivity index (χ1v) is 8.98. The highest BCUT2D eigenvalue weighted by molar-refractivity contribution is 5.94. The maximum atomic E-state index is 12.8. The fraction of sp³-hybridized carbons (Fsp3) is 0.632. The number of carbonyl (C=O) groups is 1. The summed E-state index contributed by atoms with van der Waals surface area (Å²) in [5.41, 5.74) is 0.225. The summed E-state index contributed by atoms with van der Waals surface area (Å²) in [5, 5.41) is 20.2. The van der Waals surface area contributed by atoms with Gasteiger partial charge in [0.1, 0.15) is 11.9 Å². The number of nitrogens with zero attached hydrogens (tertiary/aromatic N) is 1. The summed E-state index contributed by atoms with van der Waals surface area (Å²) in [7, 11) is 0. The molecule has 0 saturated carbocycles. The molecule has 3 heterocycles. The van der Waals surface area contributed by atoms with Crippen LogP contribution in [0.1, 0.15) is 42.1 Å². The van der Waals surface area contributed by atoms with E-state index >= 15 is 0 Å². The van der Waals surface area contributed by atoms with Crippen LogP contribution in [0.25, 0.3) is 0 Å². The molecule has 0 bridgehead atoms. The summed E-state index contributed by atoms with van der Waals surface area (Å²) in [4.78, 5) is 14.7. The van der Waals surface area contributed by atoms with E-state index in [1.54, 1.807) is 6.92 Å². The molecule has 3 aliphatic heterocycles. The van der Waals surface area contributed by atoms with E-state index in [0.29, 0.717) is 44.5 Å². The average Bonchev–Trinajstić information content (AvgIpc) is 3.06. The molecule has 2 fully saturated rings. The number of hydrogen-bond donors (Lipinski definition) is 2. The predicted octanol–water partition coefficient (Wildman–Crippen LogP) is 1.13. The molecule has 0 aliphatic carbocycles. The van der Waals surface area contributed by atoms with Crippen LogP contribution in [0.4, 0.5) is 0 Å². The van der Waals surface area contributed by atoms with Crippen molar-refractivity contribution in [1.29, 1.82) is 0 Å². The van der Waals surface area contributed by atoms with Gasteiger partial charge in [-0.15, -0.1) is 0 Å². The van der Waals surface area contributed by atoms with Gasteiger partial charge in [0.2, 0.25) is 0 Å². The Morgan fingerprint density at radius 2 is 2.08 bits per heavy atom. The van der Waals surface area contributed by atoms with E-state index in [-0.39, 0.29) is 12.5 Å². The molecule has 2 atom stereocenters. The van der Waals surface area contributed by atoms with E-state index in [2.05, 4.69) is 0 Å². The van der Waals surface area contributed by atoms with Crippen LogP contribution in [0, 0.1) is 0 Å². The van der Waals surface area contributed by atoms with Crippen molar-refractivity contribution in [2.24, 2.45) is 0 Å². The van der Waals surface area contributed by atoms with E-state index in [0.717, 1.165) is 17.7 Å². The monoisotopic (exact) mass is 347 g/mol. The second kappa shape index (κ2) is 5.97. The van der Waals surface area contributed by atoms with Crippen LogP contribution < -0.4 is 4.74 Å². The van der Waals surface area contributed by atoms with Gasteiger partial charge in [0, 0.05) is 31.5 Å². The molecular formula is C19H25NO5. The minimum Gasteiger partial charge on any atom is -0.493 e. The van der Waals surface area contributed by atoms with Gasteiger partial charge in [-0.25, -0.2) is 0 Å². The topological polar surface area (TPSA) is 79.2 Å². The van der Waals surface area contributed by atoms with Crippen molar-refractivity contribution >= 4 is 5.91 Å². The second-order valence-corrected chi connectivity index (χ2v) is 7.76. The van der Waals surface area contributed by atoms with Gasteiger partial charge in [0.25, 0.3) is 5.91 Å². The number of fused-ring (bicyclic) bond motifs is 1. The molecule has 2 N–H and O–H groups in total. The maximum absolute atomic E-state index is 12.8. The molecule has 0 aromatic heterocycles. The molecule has 3 aliphatic rings. The van der Waals surface area contributed by atoms with Crippen LogP contribution in [0.15, 0.2) is 18.2 Å². The van der Waals surface area contributed by atoms with Crippen molar-refractivity contribution in [3.05, 3.63) is 29.3 Å². The number of piperidine rings is 1. The third kappa shape index (κ3) is 3.03. The van der Waals surface area contributed by atoms with Crippen molar-refractivity contribution in [2.45, 2.75) is 49.9 Å². The Balaban J connectivity index is 1.43. The molecule has 136 valence electrons. The fourth-order valence-electron chi connectivity index (χ4n) is 4.20. The molecule has 6 heteroatoms. The lowest BCUT2D eigenvalue weighted by molar-refractivity contribution is -0.221. The average molecular weight is 347 g/mol. The quantitative estimate of drug-likeness (QED) is 0.796. The van der Waals surface area contributed by atoms with E-state index in [4.69, 9.17) is 9.47 Å². The third-order valence-electron chi connectivity index (χ3n) is 5.84. The van der Waals surface area contributed by atoms with Crippen LogP contribution in [-0.2, 0) is 11.2 Å². The Labute approximate surface area is 147 Å². The zero-order valence-corrected chi connectivity index (χ0v) is 14.5. The second-order valence-electron chi connectivity index (χ2n) is 7.76. The standard InChI is InChI=1S/C19H25NO5/c1-18(23)12-19(25-11-16(18)21)5-7-20(8-6-19)17(22)14-2-3-15-13(10-14)4-9-24-15/h2-3,10,16,21,23H,4-9,11-12H2,1H3/t16-,18-/m0/s1. The number of ether oxygens (including phenoxy) is 2. The predicted molar refractivity (Wildman–Crippen MR) is 90.7 cm³/mol. The number of aliphatic hydroxyl groups excluding tert-OH is 1. The van der Waals surface area contributed by atoms with Gasteiger partial charge in [-0.05, 0) is 43.5 Å². The van der Waals surface area contributed by atoms with Gasteiger partial charge in [0.05, 0.1) is 24.4 Å². The maximum Gasteiger partial charge on any atom is 0.253 e. The number of rotatable bonds is 1. The summed E-state index contributed by atoms with van der Waals surface area (Å²) in [6.07, 6.45) is 1.75. The molecule has 1 amide bonds. The number of carbonyl (C=O) groups excluding carboxylic acids is 1. The van der Waals surface area contributed by atoms with Crippen LogP contribution in [0.5, 0.6) is 5.75 Å². The Hall–Kier alpha value is -1.63. The van der Waals surface area contributed by atoms with Gasteiger partial charge < -0.3 is 24.6 Å². The smallest absolute Gasteiger partial charge is 0.253 e. The molecular weight excluding hydrogens is 322 g/mol. The largest absolute Gasteiger partial charge is 0.493 e.